The fraction of sp³-hybridized carbons (Fsp3) is 0.800. The second kappa shape index (κ2) is 11.3. The molecule has 4 aliphatic heterocycles. The number of carbonyl (C=O) groups is 4. The van der Waals surface area contributed by atoms with Crippen molar-refractivity contribution in [3.8, 4) is 0 Å². The molecule has 0 bridgehead atoms. The van der Waals surface area contributed by atoms with Crippen LogP contribution in [0.25, 0.3) is 0 Å². The highest BCUT2D eigenvalue weighted by atomic mass is 16.5. The van der Waals surface area contributed by atoms with Crippen LogP contribution in [0.5, 0.6) is 0 Å². The molecule has 4 heterocycles. The second-order valence-electron chi connectivity index (χ2n) is 8.91. The van der Waals surface area contributed by atoms with Crippen molar-refractivity contribution in [1.82, 2.24) is 39.2 Å². The minimum atomic E-state index is -0.976. The van der Waals surface area contributed by atoms with E-state index >= 15 is 0 Å². The van der Waals surface area contributed by atoms with Gasteiger partial charge < -0.3 is 28.8 Å². The Bertz CT molecular complexity index is 924. The summed E-state index contributed by atoms with van der Waals surface area (Å²) in [7, 11) is 7.07. The number of nitrogens with zero attached hydrogens (tertiary/aromatic N) is 8. The number of carbonyl (C=O) groups excluding carboxylic acids is 4. The normalized spacial score (nSPS) is 27.2. The van der Waals surface area contributed by atoms with Gasteiger partial charge in [0.2, 0.25) is 0 Å². The van der Waals surface area contributed by atoms with Crippen LogP contribution in [0.15, 0.2) is 0 Å². The van der Waals surface area contributed by atoms with E-state index in [1.165, 1.54) is 69.8 Å². The number of aliphatic hydroxyl groups is 1. The smallest absolute Gasteiger partial charge is 0.327 e. The van der Waals surface area contributed by atoms with Crippen molar-refractivity contribution < 1.29 is 48.0 Å². The summed E-state index contributed by atoms with van der Waals surface area (Å²) in [5.41, 5.74) is 0. The lowest BCUT2D eigenvalue weighted by Crippen LogP contribution is -2.55. The number of fused-ring (bicyclic) bond motifs is 2. The average molecular weight is 547 g/mol. The van der Waals surface area contributed by atoms with Gasteiger partial charge in [-0.3, -0.25) is 39.2 Å². The molecule has 214 valence electrons. The fourth-order valence-corrected chi connectivity index (χ4v) is 5.48. The van der Waals surface area contributed by atoms with Crippen LogP contribution in [0, 0.1) is 0 Å². The molecule has 8 amide bonds. The van der Waals surface area contributed by atoms with Crippen LogP contribution < -0.4 is 0 Å². The van der Waals surface area contributed by atoms with E-state index in [1.54, 1.807) is 0 Å². The molecule has 0 radical (unpaired) electrons. The molecule has 18 heteroatoms. The highest BCUT2D eigenvalue weighted by Gasteiger charge is 2.63. The number of hydrogen-bond acceptors (Lipinski definition) is 10. The zero-order chi connectivity index (χ0) is 27.7. The molecule has 0 aromatic carbocycles. The van der Waals surface area contributed by atoms with Crippen LogP contribution in [0.2, 0.25) is 0 Å². The summed E-state index contributed by atoms with van der Waals surface area (Å²) < 4.78 is 26.1. The van der Waals surface area contributed by atoms with Crippen molar-refractivity contribution in [2.24, 2.45) is 0 Å². The first kappa shape index (κ1) is 27.9. The molecular weight excluding hydrogens is 512 g/mol. The lowest BCUT2D eigenvalue weighted by molar-refractivity contribution is -0.0122. The largest absolute Gasteiger partial charge is 0.376 e. The fourth-order valence-electron chi connectivity index (χ4n) is 5.48. The number of methoxy groups -OCH3 is 5. The standard InChI is InChI=1S/C20H34N8O10/c1-34-8-24-14-16(28(12-38-5)20(24)33)26(10-36-3)18(31)22(14)6-21-13-15(25(9-35-2)17(21)30)27(11-37-4)19(32)23(13)7-29/h13-16,29H,6-12H2,1-5H3. The van der Waals surface area contributed by atoms with Gasteiger partial charge in [0.1, 0.15) is 47.1 Å². The average Bonchev–Trinajstić information content (AvgIpc) is 3.51. The van der Waals surface area contributed by atoms with Crippen molar-refractivity contribution in [2.45, 2.75) is 24.7 Å². The summed E-state index contributed by atoms with van der Waals surface area (Å²) >= 11 is 0. The van der Waals surface area contributed by atoms with E-state index in [9.17, 15) is 24.3 Å². The van der Waals surface area contributed by atoms with Gasteiger partial charge in [-0.2, -0.15) is 0 Å². The number of aliphatic hydroxyl groups excluding tert-OH is 1. The van der Waals surface area contributed by atoms with Crippen molar-refractivity contribution in [3.05, 3.63) is 0 Å². The molecule has 38 heavy (non-hydrogen) atoms. The number of hydrogen-bond donors (Lipinski definition) is 1. The third-order valence-electron chi connectivity index (χ3n) is 6.85. The third-order valence-corrected chi connectivity index (χ3v) is 6.85. The Kier molecular flexibility index (Phi) is 8.28. The van der Waals surface area contributed by atoms with E-state index in [0.717, 1.165) is 4.90 Å². The van der Waals surface area contributed by atoms with E-state index in [4.69, 9.17) is 23.7 Å². The van der Waals surface area contributed by atoms with E-state index in [-0.39, 0.29) is 40.3 Å². The maximum absolute atomic E-state index is 13.7. The molecule has 0 aliphatic carbocycles. The van der Waals surface area contributed by atoms with Gasteiger partial charge >= 0.3 is 24.1 Å². The van der Waals surface area contributed by atoms with E-state index in [1.807, 2.05) is 0 Å². The Balaban J connectivity index is 1.72. The molecule has 0 aromatic heterocycles. The number of amides is 8. The van der Waals surface area contributed by atoms with Crippen LogP contribution >= 0.6 is 0 Å². The molecule has 4 rings (SSSR count). The molecule has 4 atom stereocenters. The van der Waals surface area contributed by atoms with E-state index < -0.39 is 55.5 Å². The van der Waals surface area contributed by atoms with Crippen LogP contribution in [0.1, 0.15) is 0 Å². The first-order chi connectivity index (χ1) is 18.3. The van der Waals surface area contributed by atoms with Crippen molar-refractivity contribution in [2.75, 3.05) is 82.6 Å². The van der Waals surface area contributed by atoms with Gasteiger partial charge in [-0.05, 0) is 0 Å². The van der Waals surface area contributed by atoms with Gasteiger partial charge in [-0.25, -0.2) is 19.2 Å². The van der Waals surface area contributed by atoms with Crippen molar-refractivity contribution in [3.63, 3.8) is 0 Å². The summed E-state index contributed by atoms with van der Waals surface area (Å²) in [6.07, 6.45) is -3.53. The number of urea groups is 4. The molecule has 1 N–H and O–H groups in total. The van der Waals surface area contributed by atoms with Crippen LogP contribution in [0.3, 0.4) is 0 Å². The Hall–Kier alpha value is -3.16. The Morgan fingerprint density at radius 2 is 0.711 bits per heavy atom. The van der Waals surface area contributed by atoms with E-state index in [0.29, 0.717) is 0 Å². The maximum Gasteiger partial charge on any atom is 0.327 e. The minimum absolute atomic E-state index is 0.102. The Labute approximate surface area is 219 Å². The topological polar surface area (TPSA) is 161 Å². The molecule has 4 unspecified atom stereocenters. The lowest BCUT2D eigenvalue weighted by Gasteiger charge is -2.34. The number of rotatable bonds is 13. The summed E-state index contributed by atoms with van der Waals surface area (Å²) in [5, 5.41) is 10.1. The van der Waals surface area contributed by atoms with Gasteiger partial charge in [-0.1, -0.05) is 0 Å². The monoisotopic (exact) mass is 546 g/mol. The summed E-state index contributed by atoms with van der Waals surface area (Å²) in [4.78, 5) is 64.0. The minimum Gasteiger partial charge on any atom is -0.376 e. The molecule has 4 saturated heterocycles. The van der Waals surface area contributed by atoms with Gasteiger partial charge in [0.15, 0.2) is 24.7 Å². The van der Waals surface area contributed by atoms with Crippen molar-refractivity contribution in [1.29, 1.82) is 0 Å². The SMILES string of the molecule is COCN1C(=O)N(CO)C2C1N(COC)C(=O)N2CN1C(=O)N(COC)C2C1N(COC)C(=O)N2COC. The van der Waals surface area contributed by atoms with E-state index in [2.05, 4.69) is 0 Å². The molecule has 0 spiro atoms. The predicted octanol–water partition coefficient (Wildman–Crippen LogP) is -1.83. The van der Waals surface area contributed by atoms with Gasteiger partial charge in [0.05, 0.1) is 0 Å². The van der Waals surface area contributed by atoms with Gasteiger partial charge in [0.25, 0.3) is 0 Å². The molecule has 4 fully saturated rings. The van der Waals surface area contributed by atoms with Gasteiger partial charge in [0, 0.05) is 35.5 Å². The van der Waals surface area contributed by atoms with Crippen LogP contribution in [0.4, 0.5) is 19.2 Å². The summed E-state index contributed by atoms with van der Waals surface area (Å²) in [5.74, 6) is 0. The second-order valence-corrected chi connectivity index (χ2v) is 8.91. The van der Waals surface area contributed by atoms with Gasteiger partial charge in [-0.15, -0.1) is 0 Å². The third kappa shape index (κ3) is 4.12. The predicted molar refractivity (Wildman–Crippen MR) is 123 cm³/mol. The summed E-state index contributed by atoms with van der Waals surface area (Å²) in [6.45, 7) is -1.68. The molecule has 0 aromatic rings. The molecular formula is C20H34N8O10. The first-order valence-electron chi connectivity index (χ1n) is 11.7. The van der Waals surface area contributed by atoms with Crippen LogP contribution in [-0.4, -0.2) is 176 Å². The Morgan fingerprint density at radius 1 is 0.474 bits per heavy atom. The highest BCUT2D eigenvalue weighted by molar-refractivity contribution is 5.87. The molecule has 0 saturated carbocycles. The molecule has 18 nitrogen and oxygen atoms in total. The van der Waals surface area contributed by atoms with Crippen molar-refractivity contribution >= 4 is 24.1 Å². The maximum atomic E-state index is 13.7. The lowest BCUT2D eigenvalue weighted by atomic mass is 10.3. The summed E-state index contributed by atoms with van der Waals surface area (Å²) in [6, 6.07) is -2.05. The zero-order valence-corrected chi connectivity index (χ0v) is 22.0. The number of ether oxygens (including phenoxy) is 5. The highest BCUT2D eigenvalue weighted by Crippen LogP contribution is 2.39. The quantitative estimate of drug-likeness (QED) is 0.278. The van der Waals surface area contributed by atoms with Crippen LogP contribution in [-0.2, 0) is 23.7 Å². The first-order valence-corrected chi connectivity index (χ1v) is 11.7. The molecule has 4 aliphatic rings. The zero-order valence-electron chi connectivity index (χ0n) is 22.0. The Morgan fingerprint density at radius 3 is 1.00 bits per heavy atom.